The van der Waals surface area contributed by atoms with E-state index in [1.54, 1.807) is 11.8 Å². The average molecular weight is 304 g/mol. The molecule has 0 radical (unpaired) electrons. The number of likely N-dealkylation sites (tertiary alicyclic amines) is 1. The molecular formula is C17H24N2O3. The van der Waals surface area contributed by atoms with Crippen LogP contribution in [0.5, 0.6) is 0 Å². The molecule has 1 amide bonds. The Balaban J connectivity index is 1.76. The minimum absolute atomic E-state index is 0.000246. The monoisotopic (exact) mass is 304 g/mol. The van der Waals surface area contributed by atoms with E-state index in [2.05, 4.69) is 4.90 Å². The van der Waals surface area contributed by atoms with Crippen LogP contribution in [0, 0.1) is 5.92 Å². The third-order valence-electron chi connectivity index (χ3n) is 4.82. The third kappa shape index (κ3) is 2.96. The van der Waals surface area contributed by atoms with Crippen molar-refractivity contribution in [3.63, 3.8) is 0 Å². The van der Waals surface area contributed by atoms with Gasteiger partial charge in [-0.3, -0.25) is 4.79 Å². The van der Waals surface area contributed by atoms with Gasteiger partial charge in [-0.2, -0.15) is 0 Å². The van der Waals surface area contributed by atoms with Crippen molar-refractivity contribution in [3.8, 4) is 0 Å². The molecule has 2 fully saturated rings. The SMILES string of the molecule is C[C@@H]1CN(C(=O)c2cccc(N3CCOCC3)c2)C[C@]1(C)O. The molecule has 2 aliphatic heterocycles. The molecule has 2 saturated heterocycles. The van der Waals surface area contributed by atoms with E-state index < -0.39 is 5.60 Å². The molecule has 2 heterocycles. The lowest BCUT2D eigenvalue weighted by Gasteiger charge is -2.29. The highest BCUT2D eigenvalue weighted by atomic mass is 16.5. The average Bonchev–Trinajstić information content (AvgIpc) is 2.81. The van der Waals surface area contributed by atoms with Crippen molar-refractivity contribution in [2.45, 2.75) is 19.4 Å². The molecule has 2 aliphatic rings. The Bertz CT molecular complexity index is 553. The van der Waals surface area contributed by atoms with E-state index in [9.17, 15) is 9.90 Å². The predicted molar refractivity (Wildman–Crippen MR) is 85.2 cm³/mol. The fourth-order valence-electron chi connectivity index (χ4n) is 3.13. The second-order valence-electron chi connectivity index (χ2n) is 6.59. The molecule has 5 nitrogen and oxygen atoms in total. The molecule has 22 heavy (non-hydrogen) atoms. The van der Waals surface area contributed by atoms with Crippen molar-refractivity contribution in [1.82, 2.24) is 4.90 Å². The highest BCUT2D eigenvalue weighted by Crippen LogP contribution is 2.28. The number of carbonyl (C=O) groups excluding carboxylic acids is 1. The molecule has 0 bridgehead atoms. The van der Waals surface area contributed by atoms with Gasteiger partial charge in [-0.05, 0) is 25.1 Å². The van der Waals surface area contributed by atoms with Crippen molar-refractivity contribution < 1.29 is 14.6 Å². The lowest BCUT2D eigenvalue weighted by atomic mass is 9.95. The summed E-state index contributed by atoms with van der Waals surface area (Å²) in [6, 6.07) is 7.76. The molecule has 0 unspecified atom stereocenters. The molecule has 5 heteroatoms. The lowest BCUT2D eigenvalue weighted by molar-refractivity contribution is 0.0351. The molecule has 0 saturated carbocycles. The first kappa shape index (κ1) is 15.3. The van der Waals surface area contributed by atoms with Crippen LogP contribution in [0.4, 0.5) is 5.69 Å². The summed E-state index contributed by atoms with van der Waals surface area (Å²) >= 11 is 0. The number of morpholine rings is 1. The lowest BCUT2D eigenvalue weighted by Crippen LogP contribution is -2.37. The first-order valence-corrected chi connectivity index (χ1v) is 7.92. The van der Waals surface area contributed by atoms with Crippen molar-refractivity contribution in [1.29, 1.82) is 0 Å². The number of hydrogen-bond donors (Lipinski definition) is 1. The summed E-state index contributed by atoms with van der Waals surface area (Å²) in [7, 11) is 0. The Labute approximate surface area is 131 Å². The zero-order valence-electron chi connectivity index (χ0n) is 13.3. The fourth-order valence-corrected chi connectivity index (χ4v) is 3.13. The van der Waals surface area contributed by atoms with Gasteiger partial charge >= 0.3 is 0 Å². The van der Waals surface area contributed by atoms with Gasteiger partial charge in [0.1, 0.15) is 0 Å². The van der Waals surface area contributed by atoms with Gasteiger partial charge < -0.3 is 19.6 Å². The maximum atomic E-state index is 12.7. The Morgan fingerprint density at radius 3 is 2.73 bits per heavy atom. The van der Waals surface area contributed by atoms with E-state index in [-0.39, 0.29) is 11.8 Å². The minimum atomic E-state index is -0.794. The minimum Gasteiger partial charge on any atom is -0.388 e. The molecule has 120 valence electrons. The van der Waals surface area contributed by atoms with Crippen molar-refractivity contribution >= 4 is 11.6 Å². The molecule has 0 spiro atoms. The van der Waals surface area contributed by atoms with Crippen LogP contribution in [0.1, 0.15) is 24.2 Å². The van der Waals surface area contributed by atoms with Crippen LogP contribution >= 0.6 is 0 Å². The van der Waals surface area contributed by atoms with Crippen LogP contribution in [0.15, 0.2) is 24.3 Å². The van der Waals surface area contributed by atoms with Gasteiger partial charge in [0.2, 0.25) is 0 Å². The zero-order valence-corrected chi connectivity index (χ0v) is 13.3. The number of aliphatic hydroxyl groups is 1. The summed E-state index contributed by atoms with van der Waals surface area (Å²) in [6.07, 6.45) is 0. The van der Waals surface area contributed by atoms with Crippen molar-refractivity contribution in [3.05, 3.63) is 29.8 Å². The van der Waals surface area contributed by atoms with E-state index in [1.807, 2.05) is 31.2 Å². The number of nitrogens with zero attached hydrogens (tertiary/aromatic N) is 2. The summed E-state index contributed by atoms with van der Waals surface area (Å²) in [4.78, 5) is 16.7. The molecule has 1 aromatic carbocycles. The molecule has 2 atom stereocenters. The number of carbonyl (C=O) groups is 1. The number of anilines is 1. The second kappa shape index (κ2) is 5.89. The zero-order chi connectivity index (χ0) is 15.7. The summed E-state index contributed by atoms with van der Waals surface area (Å²) in [5.74, 6) is 0.0959. The van der Waals surface area contributed by atoms with Crippen molar-refractivity contribution in [2.75, 3.05) is 44.3 Å². The molecular weight excluding hydrogens is 280 g/mol. The highest BCUT2D eigenvalue weighted by molar-refractivity contribution is 5.95. The molecule has 0 aromatic heterocycles. The third-order valence-corrected chi connectivity index (χ3v) is 4.82. The predicted octanol–water partition coefficient (Wildman–Crippen LogP) is 1.37. The highest BCUT2D eigenvalue weighted by Gasteiger charge is 2.40. The van der Waals surface area contributed by atoms with Crippen LogP contribution in [0.25, 0.3) is 0 Å². The van der Waals surface area contributed by atoms with Gasteiger partial charge in [0, 0.05) is 43.3 Å². The topological polar surface area (TPSA) is 53.0 Å². The summed E-state index contributed by atoms with van der Waals surface area (Å²) in [5.41, 5.74) is 0.958. The summed E-state index contributed by atoms with van der Waals surface area (Å²) in [5, 5.41) is 10.3. The first-order chi connectivity index (χ1) is 10.5. The standard InChI is InChI=1S/C17H24N2O3/c1-13-11-19(12-17(13,2)21)16(20)14-4-3-5-15(10-14)18-6-8-22-9-7-18/h3-5,10,13,21H,6-9,11-12H2,1-2H3/t13-,17+/m1/s1. The number of rotatable bonds is 2. The smallest absolute Gasteiger partial charge is 0.254 e. The molecule has 1 N–H and O–H groups in total. The second-order valence-corrected chi connectivity index (χ2v) is 6.59. The first-order valence-electron chi connectivity index (χ1n) is 7.92. The van der Waals surface area contributed by atoms with E-state index in [4.69, 9.17) is 4.74 Å². The maximum absolute atomic E-state index is 12.7. The Kier molecular flexibility index (Phi) is 4.10. The Hall–Kier alpha value is -1.59. The van der Waals surface area contributed by atoms with Crippen LogP contribution in [-0.4, -0.2) is 60.9 Å². The van der Waals surface area contributed by atoms with Gasteiger partial charge in [-0.1, -0.05) is 13.0 Å². The number of β-amino-alcohol motifs (C(OH)–C–C–N with tert-alkyl or cyclic N) is 1. The van der Waals surface area contributed by atoms with E-state index in [0.717, 1.165) is 32.0 Å². The molecule has 1 aromatic rings. The quantitative estimate of drug-likeness (QED) is 0.896. The van der Waals surface area contributed by atoms with Gasteiger partial charge in [0.25, 0.3) is 5.91 Å². The Morgan fingerprint density at radius 1 is 1.36 bits per heavy atom. The van der Waals surface area contributed by atoms with Gasteiger partial charge in [-0.25, -0.2) is 0 Å². The summed E-state index contributed by atoms with van der Waals surface area (Å²) < 4.78 is 5.37. The van der Waals surface area contributed by atoms with Crippen molar-refractivity contribution in [2.24, 2.45) is 5.92 Å². The van der Waals surface area contributed by atoms with Crippen LogP contribution in [-0.2, 0) is 4.74 Å². The maximum Gasteiger partial charge on any atom is 0.254 e. The number of benzene rings is 1. The van der Waals surface area contributed by atoms with E-state index in [0.29, 0.717) is 18.7 Å². The number of amides is 1. The normalized spacial score (nSPS) is 29.0. The van der Waals surface area contributed by atoms with E-state index >= 15 is 0 Å². The van der Waals surface area contributed by atoms with Crippen LogP contribution in [0.3, 0.4) is 0 Å². The van der Waals surface area contributed by atoms with Crippen LogP contribution in [0.2, 0.25) is 0 Å². The van der Waals surface area contributed by atoms with Crippen LogP contribution < -0.4 is 4.90 Å². The van der Waals surface area contributed by atoms with Gasteiger partial charge in [0.05, 0.1) is 18.8 Å². The van der Waals surface area contributed by atoms with Gasteiger partial charge in [0.15, 0.2) is 0 Å². The fraction of sp³-hybridized carbons (Fsp3) is 0.588. The van der Waals surface area contributed by atoms with Gasteiger partial charge in [-0.15, -0.1) is 0 Å². The Morgan fingerprint density at radius 2 is 2.09 bits per heavy atom. The molecule has 3 rings (SSSR count). The van der Waals surface area contributed by atoms with E-state index in [1.165, 1.54) is 0 Å². The number of ether oxygens (including phenoxy) is 1. The number of hydrogen-bond acceptors (Lipinski definition) is 4. The largest absolute Gasteiger partial charge is 0.388 e. The summed E-state index contributed by atoms with van der Waals surface area (Å²) in [6.45, 7) is 7.95. The molecule has 0 aliphatic carbocycles.